The minimum Gasteiger partial charge on any atom is -0.507 e. The van der Waals surface area contributed by atoms with Crippen LogP contribution in [0.2, 0.25) is 0 Å². The normalized spacial score (nSPS) is 16.7. The number of rotatable bonds is 7. The molecule has 1 aliphatic rings. The fourth-order valence-corrected chi connectivity index (χ4v) is 6.12. The van der Waals surface area contributed by atoms with Crippen LogP contribution < -0.4 is 14.4 Å². The van der Waals surface area contributed by atoms with Crippen molar-refractivity contribution in [1.82, 2.24) is 4.98 Å². The maximum Gasteiger partial charge on any atom is 0.301 e. The number of carbonyl (C=O) groups excluding carboxylic acids is 2. The van der Waals surface area contributed by atoms with Gasteiger partial charge in [0.1, 0.15) is 17.3 Å². The van der Waals surface area contributed by atoms with Gasteiger partial charge < -0.3 is 14.6 Å². The van der Waals surface area contributed by atoms with Crippen molar-refractivity contribution in [3.8, 4) is 11.5 Å². The Morgan fingerprint density at radius 2 is 1.77 bits per heavy atom. The predicted molar refractivity (Wildman–Crippen MR) is 154 cm³/mol. The molecule has 1 saturated heterocycles. The Morgan fingerprint density at radius 1 is 1.03 bits per heavy atom. The Kier molecular flexibility index (Phi) is 7.14. The number of nitrogens with zero attached hydrogens (tertiary/aromatic N) is 2. The Hall–Kier alpha value is -4.17. The van der Waals surface area contributed by atoms with E-state index in [-0.39, 0.29) is 11.3 Å². The molecule has 0 saturated carbocycles. The molecule has 1 fully saturated rings. The number of aliphatic hydroxyl groups excluding tert-OH is 1. The van der Waals surface area contributed by atoms with E-state index in [1.807, 2.05) is 64.1 Å². The molecule has 200 valence electrons. The molecule has 4 aromatic rings. The number of carbonyl (C=O) groups is 2. The molecule has 1 amide bonds. The highest BCUT2D eigenvalue weighted by Gasteiger charge is 2.48. The van der Waals surface area contributed by atoms with Gasteiger partial charge in [-0.25, -0.2) is 4.98 Å². The van der Waals surface area contributed by atoms with E-state index in [4.69, 9.17) is 14.5 Å². The molecule has 1 aliphatic heterocycles. The average Bonchev–Trinajstić information content (AvgIpc) is 3.45. The number of benzene rings is 3. The van der Waals surface area contributed by atoms with Crippen molar-refractivity contribution in [2.24, 2.45) is 0 Å². The molecule has 5 rings (SSSR count). The first-order valence-electron chi connectivity index (χ1n) is 12.8. The van der Waals surface area contributed by atoms with Gasteiger partial charge in [0, 0.05) is 5.56 Å². The quantitative estimate of drug-likeness (QED) is 0.160. The summed E-state index contributed by atoms with van der Waals surface area (Å²) in [5.74, 6) is -0.386. The molecular weight excluding hydrogens is 512 g/mol. The Morgan fingerprint density at radius 3 is 2.44 bits per heavy atom. The summed E-state index contributed by atoms with van der Waals surface area (Å²) in [6, 6.07) is 15.6. The van der Waals surface area contributed by atoms with E-state index >= 15 is 0 Å². The van der Waals surface area contributed by atoms with Crippen molar-refractivity contribution in [3.05, 3.63) is 88.0 Å². The van der Waals surface area contributed by atoms with Crippen molar-refractivity contribution in [2.75, 3.05) is 18.6 Å². The van der Waals surface area contributed by atoms with E-state index in [2.05, 4.69) is 0 Å². The fourth-order valence-electron chi connectivity index (χ4n) is 4.95. The van der Waals surface area contributed by atoms with E-state index in [0.717, 1.165) is 33.3 Å². The number of aliphatic hydroxyl groups is 1. The standard InChI is InChI=1S/C31H30N2O5S/c1-6-13-38-22-10-7-20(8-11-22)27-25(28(34)21-9-12-23(37-5)18(3)16-21)29(35)30(36)33(27)31-32-26-19(4)14-17(2)15-24(26)39-31/h7-12,14-16,27,34H,6,13H2,1-5H3/b28-25+/t27-/m1/s1. The number of Topliss-reactive ketones (excluding diaryl/α,β-unsaturated/α-hetero) is 1. The van der Waals surface area contributed by atoms with Crippen LogP contribution in [0.25, 0.3) is 16.0 Å². The van der Waals surface area contributed by atoms with Crippen LogP contribution in [0.5, 0.6) is 11.5 Å². The number of anilines is 1. The molecule has 1 N–H and O–H groups in total. The smallest absolute Gasteiger partial charge is 0.301 e. The zero-order valence-electron chi connectivity index (χ0n) is 22.6. The number of hydrogen-bond donors (Lipinski definition) is 1. The minimum atomic E-state index is -0.866. The van der Waals surface area contributed by atoms with Crippen LogP contribution in [0, 0.1) is 20.8 Å². The number of thiazole rings is 1. The second-order valence-corrected chi connectivity index (χ2v) is 10.7. The highest BCUT2D eigenvalue weighted by atomic mass is 32.1. The van der Waals surface area contributed by atoms with Crippen LogP contribution in [0.15, 0.2) is 60.2 Å². The van der Waals surface area contributed by atoms with Gasteiger partial charge in [-0.3, -0.25) is 14.5 Å². The number of fused-ring (bicyclic) bond motifs is 1. The second-order valence-electron chi connectivity index (χ2n) is 9.70. The van der Waals surface area contributed by atoms with Crippen molar-refractivity contribution in [1.29, 1.82) is 0 Å². The highest BCUT2D eigenvalue weighted by molar-refractivity contribution is 7.22. The molecule has 1 aromatic heterocycles. The van der Waals surface area contributed by atoms with Gasteiger partial charge in [0.05, 0.1) is 35.5 Å². The lowest BCUT2D eigenvalue weighted by molar-refractivity contribution is -0.132. The number of ether oxygens (including phenoxy) is 2. The van der Waals surface area contributed by atoms with E-state index in [1.165, 1.54) is 16.2 Å². The lowest BCUT2D eigenvalue weighted by Crippen LogP contribution is -2.29. The van der Waals surface area contributed by atoms with Gasteiger partial charge in [0.15, 0.2) is 5.13 Å². The molecule has 0 bridgehead atoms. The maximum atomic E-state index is 13.6. The first kappa shape index (κ1) is 26.4. The molecule has 8 heteroatoms. The molecule has 0 radical (unpaired) electrons. The SMILES string of the molecule is CCCOc1ccc([C@@H]2/C(=C(\O)c3ccc(OC)c(C)c3)C(=O)C(=O)N2c2nc3c(C)cc(C)cc3s2)cc1. The summed E-state index contributed by atoms with van der Waals surface area (Å²) in [5.41, 5.74) is 4.76. The summed E-state index contributed by atoms with van der Waals surface area (Å²) in [6.45, 7) is 8.46. The number of hydrogen-bond acceptors (Lipinski definition) is 7. The van der Waals surface area contributed by atoms with Crippen LogP contribution in [-0.4, -0.2) is 35.5 Å². The molecule has 7 nitrogen and oxygen atoms in total. The van der Waals surface area contributed by atoms with Crippen LogP contribution in [0.1, 0.15) is 47.2 Å². The van der Waals surface area contributed by atoms with E-state index < -0.39 is 17.7 Å². The number of aryl methyl sites for hydroxylation is 3. The van der Waals surface area contributed by atoms with Crippen molar-refractivity contribution < 1.29 is 24.2 Å². The van der Waals surface area contributed by atoms with Gasteiger partial charge in [-0.05, 0) is 85.8 Å². The second kappa shape index (κ2) is 10.5. The molecule has 1 atom stereocenters. The molecule has 39 heavy (non-hydrogen) atoms. The summed E-state index contributed by atoms with van der Waals surface area (Å²) in [7, 11) is 1.57. The Labute approximate surface area is 231 Å². The van der Waals surface area contributed by atoms with E-state index in [9.17, 15) is 14.7 Å². The topological polar surface area (TPSA) is 89.0 Å². The molecule has 3 aromatic carbocycles. The van der Waals surface area contributed by atoms with E-state index in [0.29, 0.717) is 34.4 Å². The molecule has 0 unspecified atom stereocenters. The first-order chi connectivity index (χ1) is 18.7. The van der Waals surface area contributed by atoms with Gasteiger partial charge in [-0.2, -0.15) is 0 Å². The largest absolute Gasteiger partial charge is 0.507 e. The third kappa shape index (κ3) is 4.76. The summed E-state index contributed by atoms with van der Waals surface area (Å²) in [5, 5.41) is 11.9. The van der Waals surface area contributed by atoms with Gasteiger partial charge >= 0.3 is 5.91 Å². The number of ketones is 1. The van der Waals surface area contributed by atoms with Gasteiger partial charge in [-0.15, -0.1) is 0 Å². The van der Waals surface area contributed by atoms with Crippen LogP contribution in [0.3, 0.4) is 0 Å². The highest BCUT2D eigenvalue weighted by Crippen LogP contribution is 2.45. The third-order valence-corrected chi connectivity index (χ3v) is 7.81. The number of aromatic nitrogens is 1. The summed E-state index contributed by atoms with van der Waals surface area (Å²) in [4.78, 5) is 33.3. The van der Waals surface area contributed by atoms with Crippen LogP contribution in [-0.2, 0) is 9.59 Å². The number of methoxy groups -OCH3 is 1. The number of amides is 1. The zero-order chi connectivity index (χ0) is 27.8. The zero-order valence-corrected chi connectivity index (χ0v) is 23.4. The predicted octanol–water partition coefficient (Wildman–Crippen LogP) is 6.65. The summed E-state index contributed by atoms with van der Waals surface area (Å²) >= 11 is 1.35. The average molecular weight is 543 g/mol. The minimum absolute atomic E-state index is 0.0129. The van der Waals surface area contributed by atoms with Crippen LogP contribution in [0.4, 0.5) is 5.13 Å². The lowest BCUT2D eigenvalue weighted by Gasteiger charge is -2.23. The Bertz CT molecular complexity index is 1620. The summed E-state index contributed by atoms with van der Waals surface area (Å²) in [6.07, 6.45) is 0.875. The van der Waals surface area contributed by atoms with Crippen molar-refractivity contribution >= 4 is 44.1 Å². The molecule has 0 aliphatic carbocycles. The summed E-state index contributed by atoms with van der Waals surface area (Å²) < 4.78 is 12.0. The molecule has 2 heterocycles. The van der Waals surface area contributed by atoms with Crippen molar-refractivity contribution in [2.45, 2.75) is 40.2 Å². The first-order valence-corrected chi connectivity index (χ1v) is 13.6. The van der Waals surface area contributed by atoms with Gasteiger partial charge in [0.2, 0.25) is 0 Å². The van der Waals surface area contributed by atoms with Crippen molar-refractivity contribution in [3.63, 3.8) is 0 Å². The lowest BCUT2D eigenvalue weighted by atomic mass is 9.95. The molecule has 0 spiro atoms. The van der Waals surface area contributed by atoms with Gasteiger partial charge in [-0.1, -0.05) is 36.5 Å². The third-order valence-electron chi connectivity index (χ3n) is 6.81. The monoisotopic (exact) mass is 542 g/mol. The van der Waals surface area contributed by atoms with Crippen LogP contribution >= 0.6 is 11.3 Å². The fraction of sp³-hybridized carbons (Fsp3) is 0.258. The Balaban J connectivity index is 1.69. The molecular formula is C31H30N2O5S. The maximum absolute atomic E-state index is 13.6. The van der Waals surface area contributed by atoms with E-state index in [1.54, 1.807) is 25.3 Å². The van der Waals surface area contributed by atoms with Gasteiger partial charge in [0.25, 0.3) is 5.78 Å².